The van der Waals surface area contributed by atoms with Crippen LogP contribution >= 0.6 is 0 Å². The van der Waals surface area contributed by atoms with Gasteiger partial charge in [-0.25, -0.2) is 0 Å². The van der Waals surface area contributed by atoms with E-state index in [-0.39, 0.29) is 18.3 Å². The molecule has 1 heterocycles. The normalized spacial score (nSPS) is 20.6. The predicted molar refractivity (Wildman–Crippen MR) is 89.6 cm³/mol. The third kappa shape index (κ3) is 3.29. The van der Waals surface area contributed by atoms with E-state index in [1.807, 2.05) is 64.1 Å². The highest BCUT2D eigenvalue weighted by molar-refractivity contribution is 6.55. The Morgan fingerprint density at radius 1 is 1.10 bits per heavy atom. The lowest BCUT2D eigenvalue weighted by molar-refractivity contribution is 0.00578. The summed E-state index contributed by atoms with van der Waals surface area (Å²) in [5, 5.41) is 0. The van der Waals surface area contributed by atoms with Crippen LogP contribution in [0.4, 0.5) is 0 Å². The fourth-order valence-electron chi connectivity index (χ4n) is 2.16. The number of hydrogen-bond donors (Lipinski definition) is 1. The van der Waals surface area contributed by atoms with Crippen molar-refractivity contribution in [3.63, 3.8) is 0 Å². The van der Waals surface area contributed by atoms with Gasteiger partial charge >= 0.3 is 7.12 Å². The van der Waals surface area contributed by atoms with Gasteiger partial charge in [-0.1, -0.05) is 43.0 Å². The van der Waals surface area contributed by atoms with Gasteiger partial charge in [0.1, 0.15) is 0 Å². The molecule has 1 aliphatic rings. The first-order valence-corrected chi connectivity index (χ1v) is 7.28. The molecule has 1 aliphatic heterocycles. The van der Waals surface area contributed by atoms with Crippen molar-refractivity contribution in [1.29, 1.82) is 0 Å². The molecular formula is C17H24BNO2. The molecule has 0 bridgehead atoms. The van der Waals surface area contributed by atoms with E-state index in [1.54, 1.807) is 0 Å². The van der Waals surface area contributed by atoms with Gasteiger partial charge in [0.15, 0.2) is 0 Å². The predicted octanol–water partition coefficient (Wildman–Crippen LogP) is 3.30. The molecule has 0 atom stereocenters. The Balaban J connectivity index is 2.23. The van der Waals surface area contributed by atoms with Crippen molar-refractivity contribution < 1.29 is 9.31 Å². The van der Waals surface area contributed by atoms with Crippen molar-refractivity contribution >= 4 is 19.3 Å². The molecule has 4 heteroatoms. The first-order valence-electron chi connectivity index (χ1n) is 7.28. The van der Waals surface area contributed by atoms with Crippen LogP contribution in [-0.4, -0.2) is 24.9 Å². The molecule has 2 N–H and O–H groups in total. The largest absolute Gasteiger partial charge is 0.491 e. The molecular weight excluding hydrogens is 261 g/mol. The van der Waals surface area contributed by atoms with E-state index in [4.69, 9.17) is 15.0 Å². The number of nitrogens with two attached hydrogens (primary N) is 1. The summed E-state index contributed by atoms with van der Waals surface area (Å²) in [7, 11) is -0.390. The second-order valence-electron chi connectivity index (χ2n) is 6.38. The number of benzene rings is 1. The van der Waals surface area contributed by atoms with Crippen LogP contribution in [0.1, 0.15) is 38.8 Å². The molecule has 0 radical (unpaired) electrons. The van der Waals surface area contributed by atoms with E-state index >= 15 is 0 Å². The van der Waals surface area contributed by atoms with Crippen molar-refractivity contribution in [1.82, 2.24) is 0 Å². The molecule has 1 fully saturated rings. The third-order valence-corrected chi connectivity index (χ3v) is 4.32. The van der Waals surface area contributed by atoms with Crippen LogP contribution in [0.25, 0.3) is 12.2 Å². The van der Waals surface area contributed by atoms with Gasteiger partial charge in [0.25, 0.3) is 0 Å². The number of rotatable bonds is 4. The molecule has 1 aromatic carbocycles. The monoisotopic (exact) mass is 285 g/mol. The molecule has 0 spiro atoms. The van der Waals surface area contributed by atoms with Gasteiger partial charge in [-0.05, 0) is 44.3 Å². The molecule has 3 nitrogen and oxygen atoms in total. The Morgan fingerprint density at radius 2 is 1.57 bits per heavy atom. The van der Waals surface area contributed by atoms with E-state index < -0.39 is 0 Å². The zero-order chi connectivity index (χ0) is 15.7. The van der Waals surface area contributed by atoms with Gasteiger partial charge in [0.05, 0.1) is 11.2 Å². The summed E-state index contributed by atoms with van der Waals surface area (Å²) < 4.78 is 12.1. The average Bonchev–Trinajstić information content (AvgIpc) is 2.65. The summed E-state index contributed by atoms with van der Waals surface area (Å²) in [5.41, 5.74) is 8.31. The van der Waals surface area contributed by atoms with E-state index in [2.05, 4.69) is 6.58 Å². The Morgan fingerprint density at radius 3 is 2.00 bits per heavy atom. The van der Waals surface area contributed by atoms with Crippen LogP contribution in [0.15, 0.2) is 36.3 Å². The second kappa shape index (κ2) is 5.80. The van der Waals surface area contributed by atoms with Crippen molar-refractivity contribution in [3.8, 4) is 0 Å². The summed E-state index contributed by atoms with van der Waals surface area (Å²) in [5.74, 6) is 0. The highest BCUT2D eigenvalue weighted by Crippen LogP contribution is 2.38. The highest BCUT2D eigenvalue weighted by Gasteiger charge is 2.52. The quantitative estimate of drug-likeness (QED) is 0.863. The Kier molecular flexibility index (Phi) is 4.42. The average molecular weight is 285 g/mol. The maximum atomic E-state index is 6.05. The van der Waals surface area contributed by atoms with Crippen molar-refractivity contribution in [2.24, 2.45) is 5.73 Å². The fraction of sp³-hybridized carbons (Fsp3) is 0.412. The van der Waals surface area contributed by atoms with Crippen molar-refractivity contribution in [2.75, 3.05) is 6.54 Å². The first kappa shape index (κ1) is 16.0. The Labute approximate surface area is 128 Å². The minimum absolute atomic E-state index is 0.349. The molecule has 0 saturated carbocycles. The van der Waals surface area contributed by atoms with Crippen LogP contribution in [0.2, 0.25) is 0 Å². The minimum Gasteiger partial charge on any atom is -0.400 e. The molecule has 0 unspecified atom stereocenters. The Hall–Kier alpha value is -1.36. The zero-order valence-corrected chi connectivity index (χ0v) is 13.3. The van der Waals surface area contributed by atoms with Crippen molar-refractivity contribution in [3.05, 3.63) is 47.4 Å². The van der Waals surface area contributed by atoms with Crippen LogP contribution in [-0.2, 0) is 9.31 Å². The van der Waals surface area contributed by atoms with Gasteiger partial charge in [0, 0.05) is 6.54 Å². The summed E-state index contributed by atoms with van der Waals surface area (Å²) in [4.78, 5) is 0. The first-order chi connectivity index (χ1) is 9.79. The van der Waals surface area contributed by atoms with E-state index in [1.165, 1.54) is 0 Å². The molecule has 0 aromatic heterocycles. The zero-order valence-electron chi connectivity index (χ0n) is 13.3. The van der Waals surface area contributed by atoms with Crippen molar-refractivity contribution in [2.45, 2.75) is 38.9 Å². The smallest absolute Gasteiger partial charge is 0.400 e. The standard InChI is InChI=1S/C17H24BNO2/c1-6-13-7-9-14(10-8-13)11-15(12-19)18-20-16(2,3)17(4,5)21-18/h6-11H,1,12,19H2,2-5H3. The van der Waals surface area contributed by atoms with Crippen LogP contribution < -0.4 is 5.73 Å². The summed E-state index contributed by atoms with van der Waals surface area (Å²) in [6, 6.07) is 8.13. The van der Waals surface area contributed by atoms with Gasteiger partial charge in [-0.3, -0.25) is 0 Å². The number of hydrogen-bond acceptors (Lipinski definition) is 3. The lowest BCUT2D eigenvalue weighted by Crippen LogP contribution is -2.41. The molecule has 1 saturated heterocycles. The third-order valence-electron chi connectivity index (χ3n) is 4.32. The second-order valence-corrected chi connectivity index (χ2v) is 6.38. The SMILES string of the molecule is C=Cc1ccc(C=C(CN)B2OC(C)(C)C(C)(C)O2)cc1. The summed E-state index contributed by atoms with van der Waals surface area (Å²) >= 11 is 0. The van der Waals surface area contributed by atoms with Gasteiger partial charge in [-0.15, -0.1) is 0 Å². The highest BCUT2D eigenvalue weighted by atomic mass is 16.7. The van der Waals surface area contributed by atoms with Gasteiger partial charge < -0.3 is 15.0 Å². The molecule has 21 heavy (non-hydrogen) atoms. The fourth-order valence-corrected chi connectivity index (χ4v) is 2.16. The minimum atomic E-state index is -0.390. The molecule has 1 aromatic rings. The molecule has 0 amide bonds. The van der Waals surface area contributed by atoms with Crippen LogP contribution in [0.5, 0.6) is 0 Å². The lowest BCUT2D eigenvalue weighted by Gasteiger charge is -2.32. The maximum Gasteiger partial charge on any atom is 0.491 e. The van der Waals surface area contributed by atoms with E-state index in [0.717, 1.165) is 16.6 Å². The topological polar surface area (TPSA) is 44.5 Å². The van der Waals surface area contributed by atoms with Crippen LogP contribution in [0.3, 0.4) is 0 Å². The van der Waals surface area contributed by atoms with Crippen LogP contribution in [0, 0.1) is 0 Å². The van der Waals surface area contributed by atoms with Gasteiger partial charge in [-0.2, -0.15) is 0 Å². The lowest BCUT2D eigenvalue weighted by atomic mass is 9.77. The summed E-state index contributed by atoms with van der Waals surface area (Å²) in [6.07, 6.45) is 3.86. The van der Waals surface area contributed by atoms with E-state index in [9.17, 15) is 0 Å². The molecule has 2 rings (SSSR count). The summed E-state index contributed by atoms with van der Waals surface area (Å²) in [6.45, 7) is 12.3. The molecule has 0 aliphatic carbocycles. The molecule has 112 valence electrons. The maximum absolute atomic E-state index is 6.05. The van der Waals surface area contributed by atoms with Gasteiger partial charge in [0.2, 0.25) is 0 Å². The Bertz CT molecular complexity index is 530. The van der Waals surface area contributed by atoms with E-state index in [0.29, 0.717) is 6.54 Å².